The van der Waals surface area contributed by atoms with Gasteiger partial charge in [0.15, 0.2) is 0 Å². The first kappa shape index (κ1) is 10.5. The molecule has 0 unspecified atom stereocenters. The van der Waals surface area contributed by atoms with Crippen LogP contribution in [0.2, 0.25) is 0 Å². The second kappa shape index (κ2) is 4.67. The zero-order valence-corrected chi connectivity index (χ0v) is 9.66. The van der Waals surface area contributed by atoms with Crippen LogP contribution in [0.3, 0.4) is 0 Å². The predicted octanol–water partition coefficient (Wildman–Crippen LogP) is 0.427. The molecule has 2 aromatic rings. The normalized spacial score (nSPS) is 15.3. The summed E-state index contributed by atoms with van der Waals surface area (Å²) in [5, 5.41) is 15.8. The number of aryl methyl sites for hydroxylation is 2. The molecule has 90 valence electrons. The van der Waals surface area contributed by atoms with Crippen molar-refractivity contribution < 1.29 is 0 Å². The molecule has 0 aromatic carbocycles. The smallest absolute Gasteiger partial charge is 0.0964 e. The van der Waals surface area contributed by atoms with Crippen LogP contribution in [0, 0.1) is 0 Å². The van der Waals surface area contributed by atoms with Gasteiger partial charge < -0.3 is 5.32 Å². The average Bonchev–Trinajstić information content (AvgIpc) is 2.86. The lowest BCUT2D eigenvalue weighted by atomic mass is 10.4. The molecule has 0 atom stereocenters. The summed E-state index contributed by atoms with van der Waals surface area (Å²) in [6, 6.07) is 2.64. The highest BCUT2D eigenvalue weighted by Crippen LogP contribution is 2.18. The zero-order chi connectivity index (χ0) is 11.5. The van der Waals surface area contributed by atoms with E-state index in [1.807, 2.05) is 27.8 Å². The molecule has 1 aliphatic rings. The van der Waals surface area contributed by atoms with E-state index in [0.29, 0.717) is 6.04 Å². The Morgan fingerprint density at radius 2 is 2.18 bits per heavy atom. The van der Waals surface area contributed by atoms with Crippen LogP contribution in [0.4, 0.5) is 0 Å². The molecule has 0 spiro atoms. The van der Waals surface area contributed by atoms with Gasteiger partial charge in [0.05, 0.1) is 18.8 Å². The van der Waals surface area contributed by atoms with E-state index in [0.717, 1.165) is 25.3 Å². The van der Waals surface area contributed by atoms with Crippen LogP contribution in [0.5, 0.6) is 0 Å². The fourth-order valence-electron chi connectivity index (χ4n) is 1.70. The van der Waals surface area contributed by atoms with Gasteiger partial charge in [-0.3, -0.25) is 9.36 Å². The molecule has 1 saturated carbocycles. The van der Waals surface area contributed by atoms with Gasteiger partial charge in [-0.15, -0.1) is 5.10 Å². The summed E-state index contributed by atoms with van der Waals surface area (Å²) in [5.41, 5.74) is 1.01. The predicted molar refractivity (Wildman–Crippen MR) is 62.1 cm³/mol. The van der Waals surface area contributed by atoms with Crippen molar-refractivity contribution in [3.05, 3.63) is 30.4 Å². The summed E-state index contributed by atoms with van der Waals surface area (Å²) in [4.78, 5) is 0. The summed E-state index contributed by atoms with van der Waals surface area (Å²) >= 11 is 0. The highest BCUT2D eigenvalue weighted by molar-refractivity contribution is 4.94. The molecule has 17 heavy (non-hydrogen) atoms. The highest BCUT2D eigenvalue weighted by Gasteiger charge is 2.20. The molecule has 0 saturated heterocycles. The Balaban J connectivity index is 1.49. The molecular weight excluding hydrogens is 216 g/mol. The van der Waals surface area contributed by atoms with Crippen molar-refractivity contribution in [2.24, 2.45) is 0 Å². The first-order chi connectivity index (χ1) is 8.40. The summed E-state index contributed by atoms with van der Waals surface area (Å²) in [5.74, 6) is 0. The van der Waals surface area contributed by atoms with Crippen molar-refractivity contribution >= 4 is 0 Å². The molecule has 0 aliphatic heterocycles. The fraction of sp³-hybridized carbons (Fsp3) is 0.545. The summed E-state index contributed by atoms with van der Waals surface area (Å²) < 4.78 is 3.76. The van der Waals surface area contributed by atoms with Crippen molar-refractivity contribution in [2.45, 2.75) is 38.5 Å². The summed E-state index contributed by atoms with van der Waals surface area (Å²) in [7, 11) is 0. The van der Waals surface area contributed by atoms with Crippen LogP contribution in [0.15, 0.2) is 24.7 Å². The van der Waals surface area contributed by atoms with E-state index in [9.17, 15) is 0 Å². The third kappa shape index (κ3) is 2.91. The minimum Gasteiger partial charge on any atom is -0.308 e. The molecule has 0 amide bonds. The van der Waals surface area contributed by atoms with Crippen LogP contribution in [0.1, 0.15) is 18.5 Å². The molecule has 1 aliphatic carbocycles. The standard InChI is InChI=1S/C11H16N6/c1-4-13-16(5-1)6-7-17-9-11(14-15-17)8-12-10-2-3-10/h1,4-5,9-10,12H,2-3,6-8H2. The average molecular weight is 232 g/mol. The quantitative estimate of drug-likeness (QED) is 0.784. The lowest BCUT2D eigenvalue weighted by Gasteiger charge is -2.00. The number of rotatable bonds is 6. The van der Waals surface area contributed by atoms with Crippen molar-refractivity contribution in [1.29, 1.82) is 0 Å². The van der Waals surface area contributed by atoms with E-state index < -0.39 is 0 Å². The molecule has 6 heteroatoms. The second-order valence-corrected chi connectivity index (χ2v) is 4.40. The molecule has 6 nitrogen and oxygen atoms in total. The van der Waals surface area contributed by atoms with E-state index in [4.69, 9.17) is 0 Å². The van der Waals surface area contributed by atoms with Crippen molar-refractivity contribution in [3.63, 3.8) is 0 Å². The molecule has 1 fully saturated rings. The Labute approximate surface area is 99.6 Å². The minimum atomic E-state index is 0.712. The van der Waals surface area contributed by atoms with Gasteiger partial charge in [-0.2, -0.15) is 5.10 Å². The molecule has 2 aromatic heterocycles. The topological polar surface area (TPSA) is 60.6 Å². The number of aromatic nitrogens is 5. The monoisotopic (exact) mass is 232 g/mol. The Kier molecular flexibility index (Phi) is 2.87. The van der Waals surface area contributed by atoms with E-state index in [1.165, 1.54) is 12.8 Å². The van der Waals surface area contributed by atoms with E-state index >= 15 is 0 Å². The van der Waals surface area contributed by atoms with Crippen LogP contribution >= 0.6 is 0 Å². The largest absolute Gasteiger partial charge is 0.308 e. The van der Waals surface area contributed by atoms with E-state index in [1.54, 1.807) is 6.20 Å². The highest BCUT2D eigenvalue weighted by atomic mass is 15.4. The van der Waals surface area contributed by atoms with Crippen LogP contribution in [-0.4, -0.2) is 30.8 Å². The SMILES string of the molecule is c1cnn(CCn2cc(CNC3CC3)nn2)c1. The Morgan fingerprint density at radius 1 is 1.29 bits per heavy atom. The van der Waals surface area contributed by atoms with Crippen molar-refractivity contribution in [3.8, 4) is 0 Å². The van der Waals surface area contributed by atoms with Crippen molar-refractivity contribution in [2.75, 3.05) is 0 Å². The van der Waals surface area contributed by atoms with Gasteiger partial charge in [-0.1, -0.05) is 5.21 Å². The maximum atomic E-state index is 4.15. The van der Waals surface area contributed by atoms with E-state index in [2.05, 4.69) is 20.7 Å². The van der Waals surface area contributed by atoms with Crippen LogP contribution < -0.4 is 5.32 Å². The molecule has 3 rings (SSSR count). The van der Waals surface area contributed by atoms with Gasteiger partial charge in [0.1, 0.15) is 0 Å². The third-order valence-electron chi connectivity index (χ3n) is 2.85. The number of nitrogens with zero attached hydrogens (tertiary/aromatic N) is 5. The van der Waals surface area contributed by atoms with Gasteiger partial charge in [0.25, 0.3) is 0 Å². The lowest BCUT2D eigenvalue weighted by molar-refractivity contribution is 0.490. The van der Waals surface area contributed by atoms with Gasteiger partial charge in [-0.05, 0) is 18.9 Å². The van der Waals surface area contributed by atoms with E-state index in [-0.39, 0.29) is 0 Å². The number of nitrogens with one attached hydrogen (secondary N) is 1. The van der Waals surface area contributed by atoms with Gasteiger partial charge in [0, 0.05) is 31.2 Å². The Morgan fingerprint density at radius 3 is 2.94 bits per heavy atom. The van der Waals surface area contributed by atoms with Crippen LogP contribution in [-0.2, 0) is 19.6 Å². The first-order valence-corrected chi connectivity index (χ1v) is 6.00. The zero-order valence-electron chi connectivity index (χ0n) is 9.66. The summed E-state index contributed by atoms with van der Waals surface area (Å²) in [6.45, 7) is 2.45. The Hall–Kier alpha value is -1.69. The van der Waals surface area contributed by atoms with Crippen molar-refractivity contribution in [1.82, 2.24) is 30.1 Å². The van der Waals surface area contributed by atoms with Gasteiger partial charge in [-0.25, -0.2) is 0 Å². The molecule has 1 N–H and O–H groups in total. The molecule has 2 heterocycles. The summed E-state index contributed by atoms with van der Waals surface area (Å²) in [6.07, 6.45) is 8.33. The van der Waals surface area contributed by atoms with Gasteiger partial charge in [0.2, 0.25) is 0 Å². The molecule has 0 radical (unpaired) electrons. The van der Waals surface area contributed by atoms with Crippen LogP contribution in [0.25, 0.3) is 0 Å². The molecule has 0 bridgehead atoms. The Bertz CT molecular complexity index is 456. The third-order valence-corrected chi connectivity index (χ3v) is 2.85. The first-order valence-electron chi connectivity index (χ1n) is 6.00. The van der Waals surface area contributed by atoms with Gasteiger partial charge >= 0.3 is 0 Å². The maximum absolute atomic E-state index is 4.15. The second-order valence-electron chi connectivity index (χ2n) is 4.40. The number of hydrogen-bond acceptors (Lipinski definition) is 4. The minimum absolute atomic E-state index is 0.712. The maximum Gasteiger partial charge on any atom is 0.0964 e. The lowest BCUT2D eigenvalue weighted by Crippen LogP contribution is -2.15. The fourth-order valence-corrected chi connectivity index (χ4v) is 1.70. The molecular formula is C11H16N6. The number of hydrogen-bond donors (Lipinski definition) is 1.